The molecule has 1 fully saturated rings. The molecule has 2 aliphatic rings. The third kappa shape index (κ3) is 3.30. The Labute approximate surface area is 162 Å². The van der Waals surface area contributed by atoms with E-state index < -0.39 is 5.97 Å². The van der Waals surface area contributed by atoms with E-state index in [-0.39, 0.29) is 23.7 Å². The van der Waals surface area contributed by atoms with Crippen molar-refractivity contribution >= 4 is 11.9 Å². The number of fused-ring (bicyclic) bond motifs is 1. The van der Waals surface area contributed by atoms with Crippen LogP contribution in [-0.4, -0.2) is 32.8 Å². The van der Waals surface area contributed by atoms with Gasteiger partial charge in [-0.05, 0) is 63.5 Å². The SMILES string of the molecule is Cc1cccc(F)c1-n1nc(C(=O)NC2CCC(C(=O)O)CC2)c2c1CCC2. The number of aromatic nitrogens is 2. The molecule has 2 aromatic rings. The van der Waals surface area contributed by atoms with Gasteiger partial charge in [0, 0.05) is 17.3 Å². The first-order valence-corrected chi connectivity index (χ1v) is 9.85. The maximum atomic E-state index is 14.5. The van der Waals surface area contributed by atoms with Gasteiger partial charge in [0.05, 0.1) is 5.92 Å². The van der Waals surface area contributed by atoms with Crippen molar-refractivity contribution in [2.45, 2.75) is 57.9 Å². The van der Waals surface area contributed by atoms with Crippen LogP contribution in [0.1, 0.15) is 59.4 Å². The van der Waals surface area contributed by atoms with Crippen LogP contribution in [0.5, 0.6) is 0 Å². The van der Waals surface area contributed by atoms with E-state index >= 15 is 0 Å². The number of carboxylic acid groups (broad SMARTS) is 1. The average Bonchev–Trinajstić information content (AvgIpc) is 3.25. The molecule has 0 unspecified atom stereocenters. The lowest BCUT2D eigenvalue weighted by molar-refractivity contribution is -0.142. The molecule has 4 rings (SSSR count). The fraction of sp³-hybridized carbons (Fsp3) is 0.476. The molecule has 6 nitrogen and oxygen atoms in total. The van der Waals surface area contributed by atoms with E-state index in [0.717, 1.165) is 36.1 Å². The Morgan fingerprint density at radius 2 is 1.96 bits per heavy atom. The van der Waals surface area contributed by atoms with Crippen LogP contribution >= 0.6 is 0 Å². The van der Waals surface area contributed by atoms with E-state index in [0.29, 0.717) is 37.1 Å². The lowest BCUT2D eigenvalue weighted by atomic mass is 9.86. The van der Waals surface area contributed by atoms with Gasteiger partial charge in [-0.25, -0.2) is 9.07 Å². The molecule has 7 heteroatoms. The number of aliphatic carboxylic acids is 1. The summed E-state index contributed by atoms with van der Waals surface area (Å²) in [6.45, 7) is 1.84. The number of nitrogens with zero attached hydrogens (tertiary/aromatic N) is 2. The highest BCUT2D eigenvalue weighted by Crippen LogP contribution is 2.30. The molecule has 1 heterocycles. The normalized spacial score (nSPS) is 21.4. The van der Waals surface area contributed by atoms with Crippen molar-refractivity contribution in [3.05, 3.63) is 46.5 Å². The van der Waals surface area contributed by atoms with Gasteiger partial charge in [0.2, 0.25) is 0 Å². The average molecular weight is 385 g/mol. The van der Waals surface area contributed by atoms with Crippen molar-refractivity contribution in [1.29, 1.82) is 0 Å². The van der Waals surface area contributed by atoms with Crippen molar-refractivity contribution in [1.82, 2.24) is 15.1 Å². The zero-order chi connectivity index (χ0) is 19.8. The van der Waals surface area contributed by atoms with Crippen LogP contribution in [0, 0.1) is 18.7 Å². The minimum atomic E-state index is -0.762. The Balaban J connectivity index is 1.58. The predicted molar refractivity (Wildman–Crippen MR) is 101 cm³/mol. The zero-order valence-corrected chi connectivity index (χ0v) is 15.9. The number of hydrogen-bond acceptors (Lipinski definition) is 3. The van der Waals surface area contributed by atoms with Crippen LogP contribution in [0.4, 0.5) is 4.39 Å². The number of carboxylic acids is 1. The number of hydrogen-bond donors (Lipinski definition) is 2. The fourth-order valence-electron chi connectivity index (χ4n) is 4.43. The minimum absolute atomic E-state index is 0.0412. The van der Waals surface area contributed by atoms with E-state index in [2.05, 4.69) is 10.4 Å². The molecule has 0 spiro atoms. The predicted octanol–water partition coefficient (Wildman–Crippen LogP) is 3.18. The fourth-order valence-corrected chi connectivity index (χ4v) is 4.43. The summed E-state index contributed by atoms with van der Waals surface area (Å²) in [6, 6.07) is 4.87. The monoisotopic (exact) mass is 385 g/mol. The van der Waals surface area contributed by atoms with Gasteiger partial charge in [0.15, 0.2) is 5.69 Å². The summed E-state index contributed by atoms with van der Waals surface area (Å²) in [6.07, 6.45) is 4.90. The Kier molecular flexibility index (Phi) is 4.91. The van der Waals surface area contributed by atoms with E-state index in [1.165, 1.54) is 6.07 Å². The third-order valence-corrected chi connectivity index (χ3v) is 5.96. The van der Waals surface area contributed by atoms with E-state index in [1.807, 2.05) is 13.0 Å². The molecule has 1 aromatic carbocycles. The molecule has 148 valence electrons. The highest BCUT2D eigenvalue weighted by Gasteiger charge is 2.31. The summed E-state index contributed by atoms with van der Waals surface area (Å²) in [5.74, 6) is -1.68. The summed E-state index contributed by atoms with van der Waals surface area (Å²) in [5.41, 5.74) is 3.36. The van der Waals surface area contributed by atoms with Crippen LogP contribution in [0.3, 0.4) is 0 Å². The summed E-state index contributed by atoms with van der Waals surface area (Å²) >= 11 is 0. The van der Waals surface area contributed by atoms with E-state index in [4.69, 9.17) is 5.11 Å². The van der Waals surface area contributed by atoms with Crippen LogP contribution in [0.25, 0.3) is 5.69 Å². The number of benzene rings is 1. The third-order valence-electron chi connectivity index (χ3n) is 5.96. The maximum absolute atomic E-state index is 14.5. The summed E-state index contributed by atoms with van der Waals surface area (Å²) in [7, 11) is 0. The van der Waals surface area contributed by atoms with Gasteiger partial charge in [-0.15, -0.1) is 0 Å². The van der Waals surface area contributed by atoms with Crippen molar-refractivity contribution in [3.8, 4) is 5.69 Å². The molecule has 0 radical (unpaired) electrons. The number of halogens is 1. The number of carbonyl (C=O) groups excluding carboxylic acids is 1. The van der Waals surface area contributed by atoms with Gasteiger partial charge in [-0.3, -0.25) is 9.59 Å². The minimum Gasteiger partial charge on any atom is -0.481 e. The summed E-state index contributed by atoms with van der Waals surface area (Å²) in [5, 5.41) is 16.6. The first-order chi connectivity index (χ1) is 13.5. The first-order valence-electron chi connectivity index (χ1n) is 9.85. The number of nitrogens with one attached hydrogen (secondary N) is 1. The Morgan fingerprint density at radius 1 is 1.21 bits per heavy atom. The van der Waals surface area contributed by atoms with Gasteiger partial charge in [0.25, 0.3) is 5.91 Å². The largest absolute Gasteiger partial charge is 0.481 e. The van der Waals surface area contributed by atoms with Crippen LogP contribution in [0.15, 0.2) is 18.2 Å². The molecule has 2 N–H and O–H groups in total. The Bertz CT molecular complexity index is 909. The molecule has 0 aliphatic heterocycles. The number of para-hydroxylation sites is 1. The standard InChI is InChI=1S/C21H24FN3O3/c1-12-4-2-6-16(22)19(12)25-17-7-3-5-15(17)18(24-25)20(26)23-14-10-8-13(9-11-14)21(27)28/h2,4,6,13-14H,3,5,7-11H2,1H3,(H,23,26)(H,27,28). The lowest BCUT2D eigenvalue weighted by Gasteiger charge is -2.26. The second-order valence-electron chi connectivity index (χ2n) is 7.80. The van der Waals surface area contributed by atoms with Crippen LogP contribution < -0.4 is 5.32 Å². The lowest BCUT2D eigenvalue weighted by Crippen LogP contribution is -2.39. The van der Waals surface area contributed by atoms with Gasteiger partial charge in [0.1, 0.15) is 11.5 Å². The second-order valence-corrected chi connectivity index (χ2v) is 7.80. The molecule has 1 amide bonds. The van der Waals surface area contributed by atoms with E-state index in [1.54, 1.807) is 10.7 Å². The van der Waals surface area contributed by atoms with Crippen molar-refractivity contribution in [3.63, 3.8) is 0 Å². The molecule has 0 bridgehead atoms. The van der Waals surface area contributed by atoms with Crippen molar-refractivity contribution in [2.24, 2.45) is 5.92 Å². The van der Waals surface area contributed by atoms with Crippen LogP contribution in [-0.2, 0) is 17.6 Å². The van der Waals surface area contributed by atoms with Gasteiger partial charge in [-0.1, -0.05) is 12.1 Å². The van der Waals surface area contributed by atoms with Crippen LogP contribution in [0.2, 0.25) is 0 Å². The molecule has 1 saturated carbocycles. The molecule has 0 saturated heterocycles. The maximum Gasteiger partial charge on any atom is 0.306 e. The molecule has 1 aromatic heterocycles. The van der Waals surface area contributed by atoms with Gasteiger partial charge >= 0.3 is 5.97 Å². The Hall–Kier alpha value is -2.70. The summed E-state index contributed by atoms with van der Waals surface area (Å²) in [4.78, 5) is 24.0. The quantitative estimate of drug-likeness (QED) is 0.847. The molecular formula is C21H24FN3O3. The highest BCUT2D eigenvalue weighted by atomic mass is 19.1. The smallest absolute Gasteiger partial charge is 0.306 e. The topological polar surface area (TPSA) is 84.2 Å². The zero-order valence-electron chi connectivity index (χ0n) is 15.9. The molecule has 0 atom stereocenters. The number of aryl methyl sites for hydroxylation is 1. The highest BCUT2D eigenvalue weighted by molar-refractivity contribution is 5.94. The summed E-state index contributed by atoms with van der Waals surface area (Å²) < 4.78 is 16.1. The van der Waals surface area contributed by atoms with Gasteiger partial charge in [-0.2, -0.15) is 5.10 Å². The number of rotatable bonds is 4. The number of amides is 1. The first kappa shape index (κ1) is 18.7. The molecule has 2 aliphatic carbocycles. The molecular weight excluding hydrogens is 361 g/mol. The van der Waals surface area contributed by atoms with Crippen molar-refractivity contribution < 1.29 is 19.1 Å². The van der Waals surface area contributed by atoms with Crippen molar-refractivity contribution in [2.75, 3.05) is 0 Å². The van der Waals surface area contributed by atoms with E-state index in [9.17, 15) is 14.0 Å². The Morgan fingerprint density at radius 3 is 2.64 bits per heavy atom. The molecule has 28 heavy (non-hydrogen) atoms. The number of carbonyl (C=O) groups is 2. The van der Waals surface area contributed by atoms with Gasteiger partial charge < -0.3 is 10.4 Å². The second kappa shape index (κ2) is 7.37.